The molecule has 0 spiro atoms. The van der Waals surface area contributed by atoms with Gasteiger partial charge < -0.3 is 5.32 Å². The van der Waals surface area contributed by atoms with Crippen molar-refractivity contribution in [3.05, 3.63) is 40.4 Å². The van der Waals surface area contributed by atoms with E-state index in [1.807, 2.05) is 24.3 Å². The van der Waals surface area contributed by atoms with Gasteiger partial charge in [-0.3, -0.25) is 9.59 Å². The first-order valence-corrected chi connectivity index (χ1v) is 8.93. The number of thiazole rings is 1. The molecular formula is C15H15ClN2O2S2. The molecule has 0 atom stereocenters. The molecule has 1 heterocycles. The number of Topliss-reactive ketones (excluding diaryl/α,β-unsaturated/α-hetero) is 1. The second-order valence-electron chi connectivity index (χ2n) is 4.55. The van der Waals surface area contributed by atoms with E-state index in [9.17, 15) is 9.59 Å². The second-order valence-corrected chi connectivity index (χ2v) is 7.01. The van der Waals surface area contributed by atoms with E-state index in [1.54, 1.807) is 17.1 Å². The van der Waals surface area contributed by atoms with Gasteiger partial charge in [0.15, 0.2) is 10.9 Å². The molecule has 0 unspecified atom stereocenters. The first kappa shape index (κ1) is 17.0. The molecule has 2 rings (SSSR count). The van der Waals surface area contributed by atoms with Crippen LogP contribution >= 0.6 is 34.7 Å². The number of amides is 1. The molecule has 0 saturated carbocycles. The molecule has 7 heteroatoms. The molecule has 1 aromatic carbocycles. The minimum atomic E-state index is -0.101. The van der Waals surface area contributed by atoms with Crippen LogP contribution in [-0.2, 0) is 4.79 Å². The van der Waals surface area contributed by atoms with Gasteiger partial charge in [0, 0.05) is 28.6 Å². The van der Waals surface area contributed by atoms with Crippen LogP contribution in [0.1, 0.15) is 30.3 Å². The number of aromatic nitrogens is 1. The lowest BCUT2D eigenvalue weighted by Gasteiger charge is -2.03. The Labute approximate surface area is 142 Å². The van der Waals surface area contributed by atoms with Crippen molar-refractivity contribution < 1.29 is 9.59 Å². The van der Waals surface area contributed by atoms with Gasteiger partial charge in [0.05, 0.1) is 0 Å². The van der Waals surface area contributed by atoms with E-state index < -0.39 is 0 Å². The zero-order valence-corrected chi connectivity index (χ0v) is 14.4. The fraction of sp³-hybridized carbons (Fsp3) is 0.267. The highest BCUT2D eigenvalue weighted by molar-refractivity contribution is 7.99. The molecule has 4 nitrogen and oxygen atoms in total. The summed E-state index contributed by atoms with van der Waals surface area (Å²) >= 11 is 8.78. The van der Waals surface area contributed by atoms with Gasteiger partial charge in [-0.1, -0.05) is 11.6 Å². The molecule has 0 fully saturated rings. The third-order valence-corrected chi connectivity index (χ3v) is 4.85. The summed E-state index contributed by atoms with van der Waals surface area (Å²) in [7, 11) is 0. The quantitative estimate of drug-likeness (QED) is 0.451. The molecule has 0 radical (unpaired) electrons. The van der Waals surface area contributed by atoms with Gasteiger partial charge in [-0.05, 0) is 36.4 Å². The fourth-order valence-corrected chi connectivity index (χ4v) is 3.37. The largest absolute Gasteiger partial charge is 0.302 e. The average Bonchev–Trinajstić information content (AvgIpc) is 2.94. The Kier molecular flexibility index (Phi) is 6.42. The minimum absolute atomic E-state index is 0.0823. The van der Waals surface area contributed by atoms with Crippen LogP contribution in [0.15, 0.2) is 34.5 Å². The highest BCUT2D eigenvalue weighted by atomic mass is 35.5. The third kappa shape index (κ3) is 5.44. The number of halogens is 1. The van der Waals surface area contributed by atoms with Crippen LogP contribution in [0.4, 0.5) is 5.13 Å². The van der Waals surface area contributed by atoms with E-state index in [0.29, 0.717) is 17.2 Å². The maximum atomic E-state index is 11.8. The Balaban J connectivity index is 1.69. The lowest BCUT2D eigenvalue weighted by atomic mass is 10.3. The topological polar surface area (TPSA) is 59.1 Å². The van der Waals surface area contributed by atoms with E-state index in [0.717, 1.165) is 22.1 Å². The molecule has 1 amide bonds. The van der Waals surface area contributed by atoms with Crippen molar-refractivity contribution in [2.24, 2.45) is 0 Å². The summed E-state index contributed by atoms with van der Waals surface area (Å²) in [5.74, 6) is 0.670. The Morgan fingerprint density at radius 3 is 2.68 bits per heavy atom. The molecule has 0 aliphatic heterocycles. The lowest BCUT2D eigenvalue weighted by molar-refractivity contribution is -0.116. The SMILES string of the molecule is CC(=O)c1csc(NC(=O)CCCSc2ccc(Cl)cc2)n1. The summed E-state index contributed by atoms with van der Waals surface area (Å²) in [5.41, 5.74) is 0.388. The van der Waals surface area contributed by atoms with Crippen molar-refractivity contribution in [3.63, 3.8) is 0 Å². The van der Waals surface area contributed by atoms with Gasteiger partial charge in [-0.15, -0.1) is 23.1 Å². The second kappa shape index (κ2) is 8.31. The van der Waals surface area contributed by atoms with Gasteiger partial charge in [-0.2, -0.15) is 0 Å². The fourth-order valence-electron chi connectivity index (χ4n) is 1.63. The van der Waals surface area contributed by atoms with Crippen molar-refractivity contribution >= 4 is 51.5 Å². The summed E-state index contributed by atoms with van der Waals surface area (Å²) < 4.78 is 0. The van der Waals surface area contributed by atoms with Crippen LogP contribution in [0.3, 0.4) is 0 Å². The maximum absolute atomic E-state index is 11.8. The van der Waals surface area contributed by atoms with Crippen molar-refractivity contribution in [1.29, 1.82) is 0 Å². The van der Waals surface area contributed by atoms with Crippen LogP contribution in [0.5, 0.6) is 0 Å². The van der Waals surface area contributed by atoms with Gasteiger partial charge >= 0.3 is 0 Å². The molecule has 0 aliphatic carbocycles. The summed E-state index contributed by atoms with van der Waals surface area (Å²) in [5, 5.41) is 5.55. The zero-order chi connectivity index (χ0) is 15.9. The predicted molar refractivity (Wildman–Crippen MR) is 92.2 cm³/mol. The summed E-state index contributed by atoms with van der Waals surface area (Å²) in [4.78, 5) is 28.1. The summed E-state index contributed by atoms with van der Waals surface area (Å²) in [6, 6.07) is 7.63. The Bertz CT molecular complexity index is 656. The Morgan fingerprint density at radius 1 is 1.32 bits per heavy atom. The number of benzene rings is 1. The number of hydrogen-bond donors (Lipinski definition) is 1. The van der Waals surface area contributed by atoms with E-state index in [4.69, 9.17) is 11.6 Å². The number of thioether (sulfide) groups is 1. The van der Waals surface area contributed by atoms with Gasteiger partial charge in [0.25, 0.3) is 0 Å². The van der Waals surface area contributed by atoms with Crippen molar-refractivity contribution in [2.75, 3.05) is 11.1 Å². The van der Waals surface area contributed by atoms with Crippen LogP contribution in [0.25, 0.3) is 0 Å². The predicted octanol–water partition coefficient (Wildman–Crippen LogP) is 4.51. The lowest BCUT2D eigenvalue weighted by Crippen LogP contribution is -2.11. The molecule has 0 aliphatic rings. The van der Waals surface area contributed by atoms with Crippen LogP contribution < -0.4 is 5.32 Å². The van der Waals surface area contributed by atoms with Gasteiger partial charge in [0.2, 0.25) is 5.91 Å². The van der Waals surface area contributed by atoms with Crippen LogP contribution in [-0.4, -0.2) is 22.4 Å². The van der Waals surface area contributed by atoms with Crippen LogP contribution in [0, 0.1) is 0 Å². The number of carbonyl (C=O) groups excluding carboxylic acids is 2. The molecule has 0 saturated heterocycles. The molecule has 116 valence electrons. The number of hydrogen-bond acceptors (Lipinski definition) is 5. The van der Waals surface area contributed by atoms with Crippen molar-refractivity contribution in [2.45, 2.75) is 24.7 Å². The highest BCUT2D eigenvalue weighted by Crippen LogP contribution is 2.21. The third-order valence-electron chi connectivity index (χ3n) is 2.74. The van der Waals surface area contributed by atoms with E-state index >= 15 is 0 Å². The maximum Gasteiger partial charge on any atom is 0.226 e. The number of rotatable bonds is 7. The van der Waals surface area contributed by atoms with Gasteiger partial charge in [-0.25, -0.2) is 4.98 Å². The average molecular weight is 355 g/mol. The van der Waals surface area contributed by atoms with E-state index in [2.05, 4.69) is 10.3 Å². The number of anilines is 1. The minimum Gasteiger partial charge on any atom is -0.302 e. The van der Waals surface area contributed by atoms with Crippen molar-refractivity contribution in [1.82, 2.24) is 4.98 Å². The van der Waals surface area contributed by atoms with Crippen LogP contribution in [0.2, 0.25) is 5.02 Å². The molecule has 2 aromatic rings. The molecule has 22 heavy (non-hydrogen) atoms. The normalized spacial score (nSPS) is 10.5. The zero-order valence-electron chi connectivity index (χ0n) is 12.0. The molecule has 1 aromatic heterocycles. The van der Waals surface area contributed by atoms with Gasteiger partial charge in [0.1, 0.15) is 5.69 Å². The molecular weight excluding hydrogens is 340 g/mol. The number of ketones is 1. The summed E-state index contributed by atoms with van der Waals surface area (Å²) in [6.07, 6.45) is 1.19. The first-order valence-electron chi connectivity index (χ1n) is 6.69. The Hall–Kier alpha value is -1.37. The van der Waals surface area contributed by atoms with E-state index in [1.165, 1.54) is 18.3 Å². The smallest absolute Gasteiger partial charge is 0.226 e. The van der Waals surface area contributed by atoms with E-state index in [-0.39, 0.29) is 11.7 Å². The summed E-state index contributed by atoms with van der Waals surface area (Å²) in [6.45, 7) is 1.45. The highest BCUT2D eigenvalue weighted by Gasteiger charge is 2.09. The van der Waals surface area contributed by atoms with Crippen molar-refractivity contribution in [3.8, 4) is 0 Å². The number of nitrogens with one attached hydrogen (secondary N) is 1. The molecule has 0 bridgehead atoms. The number of nitrogens with zero attached hydrogens (tertiary/aromatic N) is 1. The standard InChI is InChI=1S/C15H15ClN2O2S2/c1-10(19)13-9-22-15(17-13)18-14(20)3-2-8-21-12-6-4-11(16)5-7-12/h4-7,9H,2-3,8H2,1H3,(H,17,18,20). The monoisotopic (exact) mass is 354 g/mol. The number of carbonyl (C=O) groups is 2. The molecule has 1 N–H and O–H groups in total. The Morgan fingerprint density at radius 2 is 2.05 bits per heavy atom. The first-order chi connectivity index (χ1) is 10.5.